The molecule has 2 rings (SSSR count). The van der Waals surface area contributed by atoms with Gasteiger partial charge in [0, 0.05) is 6.42 Å². The van der Waals surface area contributed by atoms with Gasteiger partial charge in [0.1, 0.15) is 5.54 Å². The Morgan fingerprint density at radius 1 is 1.25 bits per heavy atom. The number of carboxylic acids is 1. The molecule has 6 nitrogen and oxygen atoms in total. The third-order valence-corrected chi connectivity index (χ3v) is 4.21. The molecular formula is C14H24N2O4. The van der Waals surface area contributed by atoms with Crippen molar-refractivity contribution >= 4 is 11.9 Å². The van der Waals surface area contributed by atoms with E-state index in [4.69, 9.17) is 4.74 Å². The minimum atomic E-state index is -1.04. The summed E-state index contributed by atoms with van der Waals surface area (Å²) in [6.07, 6.45) is 5.19. The number of nitrogens with one attached hydrogen (secondary N) is 2. The van der Waals surface area contributed by atoms with E-state index in [1.807, 2.05) is 0 Å². The fraction of sp³-hybridized carbons (Fsp3) is 0.857. The zero-order valence-electron chi connectivity index (χ0n) is 11.8. The molecule has 1 aliphatic carbocycles. The lowest BCUT2D eigenvalue weighted by atomic mass is 9.97. The number of carboxylic acid groups (broad SMARTS) is 1. The van der Waals surface area contributed by atoms with Crippen LogP contribution in [0.5, 0.6) is 0 Å². The van der Waals surface area contributed by atoms with E-state index in [1.54, 1.807) is 0 Å². The first-order chi connectivity index (χ1) is 9.62. The molecule has 0 aromatic rings. The lowest BCUT2D eigenvalue weighted by Crippen LogP contribution is -2.52. The summed E-state index contributed by atoms with van der Waals surface area (Å²) in [5.41, 5.74) is -1.04. The van der Waals surface area contributed by atoms with Crippen LogP contribution in [-0.4, -0.2) is 48.3 Å². The van der Waals surface area contributed by atoms with Crippen molar-refractivity contribution in [1.29, 1.82) is 0 Å². The molecule has 3 N–H and O–H groups in total. The molecule has 0 radical (unpaired) electrons. The summed E-state index contributed by atoms with van der Waals surface area (Å²) < 4.78 is 5.66. The SMILES string of the molecule is O=C(CCOC1CCNCC1)NC1(C(=O)O)CCCC1. The Kier molecular flexibility index (Phi) is 5.37. The lowest BCUT2D eigenvalue weighted by molar-refractivity contribution is -0.147. The first-order valence-corrected chi connectivity index (χ1v) is 7.49. The molecule has 2 aliphatic rings. The molecule has 0 bridgehead atoms. The van der Waals surface area contributed by atoms with Gasteiger partial charge in [-0.25, -0.2) is 4.79 Å². The predicted octanol–water partition coefficient (Wildman–Crippen LogP) is 0.659. The summed E-state index contributed by atoms with van der Waals surface area (Å²) in [5, 5.41) is 15.2. The fourth-order valence-electron chi connectivity index (χ4n) is 2.98. The molecule has 0 spiro atoms. The second kappa shape index (κ2) is 7.04. The second-order valence-electron chi connectivity index (χ2n) is 5.71. The Morgan fingerprint density at radius 3 is 2.50 bits per heavy atom. The molecular weight excluding hydrogens is 260 g/mol. The highest BCUT2D eigenvalue weighted by atomic mass is 16.5. The average Bonchev–Trinajstić information content (AvgIpc) is 2.90. The summed E-state index contributed by atoms with van der Waals surface area (Å²) in [5.74, 6) is -1.13. The summed E-state index contributed by atoms with van der Waals surface area (Å²) >= 11 is 0. The van der Waals surface area contributed by atoms with Gasteiger partial charge in [-0.05, 0) is 38.8 Å². The number of hydrogen-bond acceptors (Lipinski definition) is 4. The molecule has 1 saturated carbocycles. The molecule has 1 saturated heterocycles. The average molecular weight is 284 g/mol. The molecule has 2 fully saturated rings. The Balaban J connectivity index is 1.70. The van der Waals surface area contributed by atoms with E-state index >= 15 is 0 Å². The standard InChI is InChI=1S/C14H24N2O4/c17-12(5-10-20-11-3-8-15-9-4-11)16-14(13(18)19)6-1-2-7-14/h11,15H,1-10H2,(H,16,17)(H,18,19). The third-order valence-electron chi connectivity index (χ3n) is 4.21. The third kappa shape index (κ3) is 3.93. The molecule has 6 heteroatoms. The van der Waals surface area contributed by atoms with Crippen LogP contribution in [0.3, 0.4) is 0 Å². The lowest BCUT2D eigenvalue weighted by Gasteiger charge is -2.26. The van der Waals surface area contributed by atoms with Crippen LogP contribution in [0, 0.1) is 0 Å². The quantitative estimate of drug-likeness (QED) is 0.667. The smallest absolute Gasteiger partial charge is 0.329 e. The summed E-state index contributed by atoms with van der Waals surface area (Å²) in [6, 6.07) is 0. The topological polar surface area (TPSA) is 87.7 Å². The van der Waals surface area contributed by atoms with Crippen LogP contribution >= 0.6 is 0 Å². The van der Waals surface area contributed by atoms with Crippen LogP contribution in [0.1, 0.15) is 44.9 Å². The number of carbonyl (C=O) groups excluding carboxylic acids is 1. The van der Waals surface area contributed by atoms with Crippen molar-refractivity contribution in [2.45, 2.75) is 56.6 Å². The van der Waals surface area contributed by atoms with E-state index in [-0.39, 0.29) is 18.4 Å². The summed E-state index contributed by atoms with van der Waals surface area (Å²) in [6.45, 7) is 2.28. The second-order valence-corrected chi connectivity index (χ2v) is 5.71. The highest BCUT2D eigenvalue weighted by Crippen LogP contribution is 2.29. The van der Waals surface area contributed by atoms with Crippen LogP contribution in [-0.2, 0) is 14.3 Å². The Morgan fingerprint density at radius 2 is 1.90 bits per heavy atom. The van der Waals surface area contributed by atoms with Gasteiger partial charge in [0.2, 0.25) is 5.91 Å². The Bertz CT molecular complexity index is 347. The zero-order chi connectivity index (χ0) is 14.4. The minimum Gasteiger partial charge on any atom is -0.480 e. The molecule has 114 valence electrons. The number of ether oxygens (including phenoxy) is 1. The molecule has 0 atom stereocenters. The van der Waals surface area contributed by atoms with Crippen molar-refractivity contribution in [1.82, 2.24) is 10.6 Å². The number of amides is 1. The van der Waals surface area contributed by atoms with Gasteiger partial charge in [-0.3, -0.25) is 4.79 Å². The predicted molar refractivity (Wildman–Crippen MR) is 73.4 cm³/mol. The van der Waals surface area contributed by atoms with E-state index in [0.717, 1.165) is 38.8 Å². The molecule has 1 amide bonds. The first-order valence-electron chi connectivity index (χ1n) is 7.49. The van der Waals surface area contributed by atoms with Crippen molar-refractivity contribution in [2.75, 3.05) is 19.7 Å². The molecule has 1 heterocycles. The van der Waals surface area contributed by atoms with Crippen LogP contribution in [0.2, 0.25) is 0 Å². The summed E-state index contributed by atoms with van der Waals surface area (Å²) in [4.78, 5) is 23.2. The number of hydrogen-bond donors (Lipinski definition) is 3. The van der Waals surface area contributed by atoms with Gasteiger partial charge in [-0.2, -0.15) is 0 Å². The van der Waals surface area contributed by atoms with Gasteiger partial charge in [0.25, 0.3) is 0 Å². The largest absolute Gasteiger partial charge is 0.480 e. The fourth-order valence-corrected chi connectivity index (χ4v) is 2.98. The van der Waals surface area contributed by atoms with E-state index < -0.39 is 11.5 Å². The van der Waals surface area contributed by atoms with E-state index in [2.05, 4.69) is 10.6 Å². The molecule has 0 unspecified atom stereocenters. The van der Waals surface area contributed by atoms with Gasteiger partial charge in [0.05, 0.1) is 12.7 Å². The highest BCUT2D eigenvalue weighted by molar-refractivity contribution is 5.87. The number of piperidine rings is 1. The maximum atomic E-state index is 11.9. The van der Waals surface area contributed by atoms with Gasteiger partial charge in [-0.1, -0.05) is 12.8 Å². The zero-order valence-corrected chi connectivity index (χ0v) is 11.8. The van der Waals surface area contributed by atoms with Crippen LogP contribution in [0.15, 0.2) is 0 Å². The molecule has 20 heavy (non-hydrogen) atoms. The van der Waals surface area contributed by atoms with Crippen LogP contribution in [0.25, 0.3) is 0 Å². The van der Waals surface area contributed by atoms with E-state index in [0.29, 0.717) is 19.4 Å². The maximum Gasteiger partial charge on any atom is 0.329 e. The van der Waals surface area contributed by atoms with Crippen LogP contribution < -0.4 is 10.6 Å². The number of carbonyl (C=O) groups is 2. The van der Waals surface area contributed by atoms with Crippen molar-refractivity contribution in [3.8, 4) is 0 Å². The van der Waals surface area contributed by atoms with Gasteiger partial charge < -0.3 is 20.5 Å². The molecule has 0 aromatic heterocycles. The monoisotopic (exact) mass is 284 g/mol. The number of rotatable bonds is 6. The molecule has 0 aromatic carbocycles. The maximum absolute atomic E-state index is 11.9. The van der Waals surface area contributed by atoms with E-state index in [9.17, 15) is 14.7 Å². The van der Waals surface area contributed by atoms with Gasteiger partial charge in [-0.15, -0.1) is 0 Å². The minimum absolute atomic E-state index is 0.219. The van der Waals surface area contributed by atoms with Gasteiger partial charge >= 0.3 is 5.97 Å². The Hall–Kier alpha value is -1.14. The van der Waals surface area contributed by atoms with Crippen molar-refractivity contribution in [3.63, 3.8) is 0 Å². The van der Waals surface area contributed by atoms with E-state index in [1.165, 1.54) is 0 Å². The highest BCUT2D eigenvalue weighted by Gasteiger charge is 2.42. The van der Waals surface area contributed by atoms with Crippen LogP contribution in [0.4, 0.5) is 0 Å². The van der Waals surface area contributed by atoms with Crippen molar-refractivity contribution in [2.24, 2.45) is 0 Å². The normalized spacial score (nSPS) is 22.6. The first kappa shape index (κ1) is 15.3. The van der Waals surface area contributed by atoms with Crippen molar-refractivity contribution in [3.05, 3.63) is 0 Å². The molecule has 1 aliphatic heterocycles. The number of aliphatic carboxylic acids is 1. The Labute approximate surface area is 119 Å². The van der Waals surface area contributed by atoms with Gasteiger partial charge in [0.15, 0.2) is 0 Å². The van der Waals surface area contributed by atoms with Crippen molar-refractivity contribution < 1.29 is 19.4 Å². The summed E-state index contributed by atoms with van der Waals surface area (Å²) in [7, 11) is 0.